The molecule has 0 aromatic heterocycles. The average molecular weight is 388 g/mol. The Kier molecular flexibility index (Phi) is 4.40. The van der Waals surface area contributed by atoms with Crippen LogP contribution in [0, 0.1) is 29.4 Å². The first-order chi connectivity index (χ1) is 13.5. The van der Waals surface area contributed by atoms with Crippen LogP contribution in [0.15, 0.2) is 18.2 Å². The molecular formula is C22H26F2N2O2. The van der Waals surface area contributed by atoms with Gasteiger partial charge in [-0.25, -0.2) is 8.78 Å². The number of hydrogen-bond acceptors (Lipinski definition) is 2. The first-order valence-electron chi connectivity index (χ1n) is 10.5. The molecule has 1 aliphatic carbocycles. The van der Waals surface area contributed by atoms with E-state index in [9.17, 15) is 18.4 Å². The summed E-state index contributed by atoms with van der Waals surface area (Å²) < 4.78 is 27.2. The van der Waals surface area contributed by atoms with Crippen molar-refractivity contribution in [2.24, 2.45) is 17.8 Å². The lowest BCUT2D eigenvalue weighted by atomic mass is 9.91. The second kappa shape index (κ2) is 6.82. The molecule has 0 radical (unpaired) electrons. The molecule has 3 aliphatic heterocycles. The standard InChI is InChI=1S/C22H26F2N2O2/c23-17-2-4-19(24)16(9-17)7-13-11-25(12-13)22(28)20-5-3-18-10-15-8-14(15)1-6-21(27)26(18)20/h2,4,9,13-15,18,20H,1,3,5-8,10-12H2/t14-,15+,18+,20-/m0/s1. The fraction of sp³-hybridized carbons (Fsp3) is 0.636. The fourth-order valence-electron chi connectivity index (χ4n) is 5.57. The molecule has 4 aliphatic rings. The van der Waals surface area contributed by atoms with E-state index in [-0.39, 0.29) is 29.8 Å². The molecule has 0 spiro atoms. The summed E-state index contributed by atoms with van der Waals surface area (Å²) in [6.45, 7) is 1.12. The molecule has 0 bridgehead atoms. The van der Waals surface area contributed by atoms with Gasteiger partial charge in [-0.1, -0.05) is 0 Å². The molecule has 3 saturated heterocycles. The van der Waals surface area contributed by atoms with Crippen molar-refractivity contribution in [1.82, 2.24) is 9.80 Å². The predicted octanol–water partition coefficient (Wildman–Crippen LogP) is 3.15. The number of fused-ring (bicyclic) bond motifs is 2. The number of nitrogens with zero attached hydrogens (tertiary/aromatic N) is 2. The van der Waals surface area contributed by atoms with Gasteiger partial charge in [0.25, 0.3) is 0 Å². The molecule has 0 unspecified atom stereocenters. The highest BCUT2D eigenvalue weighted by atomic mass is 19.1. The van der Waals surface area contributed by atoms with E-state index in [4.69, 9.17) is 0 Å². The van der Waals surface area contributed by atoms with Crippen molar-refractivity contribution in [1.29, 1.82) is 0 Å². The summed E-state index contributed by atoms with van der Waals surface area (Å²) in [4.78, 5) is 29.4. The second-order valence-electron chi connectivity index (χ2n) is 9.13. The van der Waals surface area contributed by atoms with Crippen LogP contribution in [0.1, 0.15) is 44.1 Å². The van der Waals surface area contributed by atoms with Gasteiger partial charge in [0, 0.05) is 25.6 Å². The van der Waals surface area contributed by atoms with Gasteiger partial charge in [-0.05, 0) is 80.0 Å². The minimum Gasteiger partial charge on any atom is -0.340 e. The molecular weight excluding hydrogens is 362 g/mol. The highest BCUT2D eigenvalue weighted by Crippen LogP contribution is 2.49. The minimum atomic E-state index is -0.436. The molecule has 2 amide bonds. The molecule has 0 N–H and O–H groups in total. The van der Waals surface area contributed by atoms with E-state index in [0.717, 1.165) is 49.7 Å². The number of carbonyl (C=O) groups is 2. The van der Waals surface area contributed by atoms with Crippen molar-refractivity contribution >= 4 is 11.8 Å². The zero-order valence-corrected chi connectivity index (χ0v) is 15.9. The van der Waals surface area contributed by atoms with E-state index in [2.05, 4.69) is 0 Å². The summed E-state index contributed by atoms with van der Waals surface area (Å²) in [6.07, 6.45) is 5.97. The first-order valence-corrected chi connectivity index (χ1v) is 10.5. The van der Waals surface area contributed by atoms with Gasteiger partial charge in [-0.3, -0.25) is 9.59 Å². The van der Waals surface area contributed by atoms with Crippen LogP contribution in [0.3, 0.4) is 0 Å². The van der Waals surface area contributed by atoms with Gasteiger partial charge < -0.3 is 9.80 Å². The molecule has 4 atom stereocenters. The van der Waals surface area contributed by atoms with Crippen LogP contribution in [0.5, 0.6) is 0 Å². The number of halogens is 2. The first kappa shape index (κ1) is 18.1. The van der Waals surface area contributed by atoms with Crippen molar-refractivity contribution in [2.45, 2.75) is 57.0 Å². The van der Waals surface area contributed by atoms with Crippen molar-refractivity contribution in [2.75, 3.05) is 13.1 Å². The maximum atomic E-state index is 13.8. The van der Waals surface area contributed by atoms with E-state index in [1.807, 2.05) is 4.90 Å². The predicted molar refractivity (Wildman–Crippen MR) is 99.2 cm³/mol. The van der Waals surface area contributed by atoms with E-state index >= 15 is 0 Å². The smallest absolute Gasteiger partial charge is 0.245 e. The highest BCUT2D eigenvalue weighted by molar-refractivity contribution is 5.89. The molecule has 6 heteroatoms. The molecule has 1 aromatic carbocycles. The van der Waals surface area contributed by atoms with Gasteiger partial charge in [0.1, 0.15) is 17.7 Å². The van der Waals surface area contributed by atoms with Crippen LogP contribution in [0.25, 0.3) is 0 Å². The van der Waals surface area contributed by atoms with E-state index in [1.54, 1.807) is 4.90 Å². The lowest BCUT2D eigenvalue weighted by Crippen LogP contribution is -2.57. The minimum absolute atomic E-state index is 0.0414. The summed E-state index contributed by atoms with van der Waals surface area (Å²) in [5.74, 6) is 0.991. The fourth-order valence-corrected chi connectivity index (χ4v) is 5.57. The summed E-state index contributed by atoms with van der Waals surface area (Å²) in [5.41, 5.74) is 0.371. The Morgan fingerprint density at radius 1 is 1.07 bits per heavy atom. The lowest BCUT2D eigenvalue weighted by Gasteiger charge is -2.42. The quantitative estimate of drug-likeness (QED) is 0.798. The number of likely N-dealkylation sites (tertiary alicyclic amines) is 1. The maximum absolute atomic E-state index is 13.8. The van der Waals surface area contributed by atoms with Gasteiger partial charge in [0.2, 0.25) is 11.8 Å². The third-order valence-corrected chi connectivity index (χ3v) is 7.23. The van der Waals surface area contributed by atoms with Gasteiger partial charge >= 0.3 is 0 Å². The van der Waals surface area contributed by atoms with E-state index < -0.39 is 11.6 Å². The zero-order valence-electron chi connectivity index (χ0n) is 15.9. The van der Waals surface area contributed by atoms with Gasteiger partial charge in [0.05, 0.1) is 0 Å². The van der Waals surface area contributed by atoms with Gasteiger partial charge in [-0.15, -0.1) is 0 Å². The van der Waals surface area contributed by atoms with Crippen molar-refractivity contribution < 1.29 is 18.4 Å². The summed E-state index contributed by atoms with van der Waals surface area (Å²) in [6, 6.07) is 3.43. The second-order valence-corrected chi connectivity index (χ2v) is 9.13. The number of benzene rings is 1. The van der Waals surface area contributed by atoms with E-state index in [1.165, 1.54) is 12.5 Å². The lowest BCUT2D eigenvalue weighted by molar-refractivity contribution is -0.150. The molecule has 150 valence electrons. The Morgan fingerprint density at radius 2 is 1.89 bits per heavy atom. The van der Waals surface area contributed by atoms with Crippen LogP contribution in [0.4, 0.5) is 8.78 Å². The Morgan fingerprint density at radius 3 is 2.71 bits per heavy atom. The Labute approximate surface area is 163 Å². The number of amides is 2. The number of rotatable bonds is 3. The zero-order chi connectivity index (χ0) is 19.4. The molecule has 3 heterocycles. The summed E-state index contributed by atoms with van der Waals surface area (Å²) >= 11 is 0. The van der Waals surface area contributed by atoms with Crippen molar-refractivity contribution in [3.63, 3.8) is 0 Å². The van der Waals surface area contributed by atoms with Gasteiger partial charge in [-0.2, -0.15) is 0 Å². The summed E-state index contributed by atoms with van der Waals surface area (Å²) in [7, 11) is 0. The third-order valence-electron chi connectivity index (χ3n) is 7.23. The molecule has 28 heavy (non-hydrogen) atoms. The molecule has 1 aromatic rings. The van der Waals surface area contributed by atoms with Crippen LogP contribution < -0.4 is 0 Å². The molecule has 1 saturated carbocycles. The third kappa shape index (κ3) is 3.20. The SMILES string of the molecule is O=C([C@@H]1CC[C@@H]2C[C@H]3C[C@@H]3CCC(=O)N21)N1CC(Cc2cc(F)ccc2F)C1. The van der Waals surface area contributed by atoms with Gasteiger partial charge in [0.15, 0.2) is 0 Å². The summed E-state index contributed by atoms with van der Waals surface area (Å²) in [5, 5.41) is 0. The largest absolute Gasteiger partial charge is 0.340 e. The number of hydrogen-bond donors (Lipinski definition) is 0. The maximum Gasteiger partial charge on any atom is 0.245 e. The van der Waals surface area contributed by atoms with Crippen LogP contribution in [-0.2, 0) is 16.0 Å². The molecule has 5 rings (SSSR count). The van der Waals surface area contributed by atoms with Crippen LogP contribution in [0.2, 0.25) is 0 Å². The topological polar surface area (TPSA) is 40.6 Å². The average Bonchev–Trinajstić information content (AvgIpc) is 3.22. The van der Waals surface area contributed by atoms with Crippen LogP contribution >= 0.6 is 0 Å². The van der Waals surface area contributed by atoms with Crippen molar-refractivity contribution in [3.8, 4) is 0 Å². The van der Waals surface area contributed by atoms with Crippen molar-refractivity contribution in [3.05, 3.63) is 35.4 Å². The Balaban J connectivity index is 1.20. The van der Waals surface area contributed by atoms with Crippen LogP contribution in [-0.4, -0.2) is 46.8 Å². The number of carbonyl (C=O) groups excluding carboxylic acids is 2. The Bertz CT molecular complexity index is 808. The molecule has 4 nitrogen and oxygen atoms in total. The Hall–Kier alpha value is -1.98. The normalized spacial score (nSPS) is 32.3. The highest BCUT2D eigenvalue weighted by Gasteiger charge is 2.49. The molecule has 4 fully saturated rings. The van der Waals surface area contributed by atoms with E-state index in [0.29, 0.717) is 31.5 Å². The monoisotopic (exact) mass is 388 g/mol.